The summed E-state index contributed by atoms with van der Waals surface area (Å²) < 4.78 is 0. The van der Waals surface area contributed by atoms with Crippen molar-refractivity contribution in [1.82, 2.24) is 10.3 Å². The van der Waals surface area contributed by atoms with Gasteiger partial charge in [-0.15, -0.1) is 0 Å². The van der Waals surface area contributed by atoms with Gasteiger partial charge in [-0.25, -0.2) is 4.98 Å². The smallest absolute Gasteiger partial charge is 0.133 e. The molecule has 2 heterocycles. The second-order valence-electron chi connectivity index (χ2n) is 5.98. The quantitative estimate of drug-likeness (QED) is 0.883. The minimum atomic E-state index is 0.620. The Morgan fingerprint density at radius 3 is 2.89 bits per heavy atom. The molecule has 0 aromatic carbocycles. The van der Waals surface area contributed by atoms with Crippen molar-refractivity contribution < 1.29 is 0 Å². The van der Waals surface area contributed by atoms with E-state index in [9.17, 15) is 0 Å². The number of nitrogens with zero attached hydrogens (tertiary/aromatic N) is 2. The van der Waals surface area contributed by atoms with Crippen LogP contribution in [0.4, 0.5) is 5.82 Å². The highest BCUT2D eigenvalue weighted by atomic mass is 15.2. The zero-order chi connectivity index (χ0) is 12.5. The molecule has 1 aromatic rings. The van der Waals surface area contributed by atoms with Gasteiger partial charge < -0.3 is 10.2 Å². The van der Waals surface area contributed by atoms with Crippen LogP contribution in [0.1, 0.15) is 38.7 Å². The van der Waals surface area contributed by atoms with Gasteiger partial charge in [-0.05, 0) is 38.2 Å². The average Bonchev–Trinajstić information content (AvgIpc) is 3.12. The molecule has 2 fully saturated rings. The van der Waals surface area contributed by atoms with Crippen LogP contribution in [0.15, 0.2) is 18.3 Å². The summed E-state index contributed by atoms with van der Waals surface area (Å²) in [6, 6.07) is 5.65. The van der Waals surface area contributed by atoms with Crippen LogP contribution in [0.2, 0.25) is 0 Å². The lowest BCUT2D eigenvalue weighted by atomic mass is 10.1. The lowest BCUT2D eigenvalue weighted by Gasteiger charge is -2.25. The molecule has 1 saturated heterocycles. The van der Waals surface area contributed by atoms with Crippen molar-refractivity contribution in [2.24, 2.45) is 5.92 Å². The molecule has 2 unspecified atom stereocenters. The first-order valence-electron chi connectivity index (χ1n) is 7.18. The third-order valence-electron chi connectivity index (χ3n) is 4.08. The number of aromatic nitrogens is 1. The number of hydrogen-bond donors (Lipinski definition) is 1. The molecule has 1 N–H and O–H groups in total. The van der Waals surface area contributed by atoms with Crippen LogP contribution >= 0.6 is 0 Å². The number of anilines is 1. The Kier molecular flexibility index (Phi) is 3.25. The van der Waals surface area contributed by atoms with Crippen molar-refractivity contribution in [3.8, 4) is 0 Å². The molecule has 1 aliphatic heterocycles. The SMILES string of the molecule is CC1CC(C)N(c2ncccc2CNC2CC2)C1. The van der Waals surface area contributed by atoms with E-state index in [0.29, 0.717) is 6.04 Å². The van der Waals surface area contributed by atoms with Gasteiger partial charge in [0.05, 0.1) is 0 Å². The molecule has 0 amide bonds. The average molecular weight is 245 g/mol. The number of rotatable bonds is 4. The third kappa shape index (κ3) is 2.51. The van der Waals surface area contributed by atoms with Gasteiger partial charge in [-0.3, -0.25) is 0 Å². The van der Waals surface area contributed by atoms with Crippen molar-refractivity contribution in [3.63, 3.8) is 0 Å². The summed E-state index contributed by atoms with van der Waals surface area (Å²) in [5, 5.41) is 3.60. The predicted octanol–water partition coefficient (Wildman–Crippen LogP) is 2.57. The summed E-state index contributed by atoms with van der Waals surface area (Å²) in [6.07, 6.45) is 5.89. The lowest BCUT2D eigenvalue weighted by Crippen LogP contribution is -2.29. The van der Waals surface area contributed by atoms with Crippen LogP contribution in [-0.4, -0.2) is 23.6 Å². The Balaban J connectivity index is 1.77. The van der Waals surface area contributed by atoms with Crippen LogP contribution in [0, 0.1) is 5.92 Å². The van der Waals surface area contributed by atoms with Gasteiger partial charge >= 0.3 is 0 Å². The molecular formula is C15H23N3. The molecule has 98 valence electrons. The predicted molar refractivity (Wildman–Crippen MR) is 74.7 cm³/mol. The van der Waals surface area contributed by atoms with E-state index < -0.39 is 0 Å². The molecule has 1 aliphatic carbocycles. The molecule has 18 heavy (non-hydrogen) atoms. The molecule has 0 spiro atoms. The molecule has 1 aromatic heterocycles. The van der Waals surface area contributed by atoms with Gasteiger partial charge in [-0.1, -0.05) is 13.0 Å². The highest BCUT2D eigenvalue weighted by molar-refractivity contribution is 5.48. The fraction of sp³-hybridized carbons (Fsp3) is 0.667. The van der Waals surface area contributed by atoms with Crippen LogP contribution in [0.5, 0.6) is 0 Å². The normalized spacial score (nSPS) is 27.8. The van der Waals surface area contributed by atoms with E-state index in [0.717, 1.165) is 25.0 Å². The third-order valence-corrected chi connectivity index (χ3v) is 4.08. The molecule has 3 rings (SSSR count). The van der Waals surface area contributed by atoms with Crippen molar-refractivity contribution >= 4 is 5.82 Å². The van der Waals surface area contributed by atoms with Gasteiger partial charge in [0.1, 0.15) is 5.82 Å². The summed E-state index contributed by atoms with van der Waals surface area (Å²) in [7, 11) is 0. The summed E-state index contributed by atoms with van der Waals surface area (Å²) >= 11 is 0. The molecule has 2 atom stereocenters. The van der Waals surface area contributed by atoms with E-state index >= 15 is 0 Å². The van der Waals surface area contributed by atoms with Crippen molar-refractivity contribution in [2.75, 3.05) is 11.4 Å². The van der Waals surface area contributed by atoms with E-state index in [1.165, 1.54) is 30.6 Å². The van der Waals surface area contributed by atoms with Gasteiger partial charge in [0.25, 0.3) is 0 Å². The molecule has 3 heteroatoms. The zero-order valence-electron chi connectivity index (χ0n) is 11.4. The highest BCUT2D eigenvalue weighted by Gasteiger charge is 2.28. The second kappa shape index (κ2) is 4.88. The maximum Gasteiger partial charge on any atom is 0.133 e. The molecule has 0 radical (unpaired) electrons. The Hall–Kier alpha value is -1.09. The topological polar surface area (TPSA) is 28.2 Å². The fourth-order valence-corrected chi connectivity index (χ4v) is 2.96. The monoisotopic (exact) mass is 245 g/mol. The Bertz CT molecular complexity index is 414. The minimum Gasteiger partial charge on any atom is -0.353 e. The number of pyridine rings is 1. The number of nitrogens with one attached hydrogen (secondary N) is 1. The standard InChI is InChI=1S/C15H23N3/c1-11-8-12(2)18(10-11)15-13(4-3-7-16-15)9-17-14-5-6-14/h3-4,7,11-12,14,17H,5-6,8-10H2,1-2H3. The second-order valence-corrected chi connectivity index (χ2v) is 5.98. The van der Waals surface area contributed by atoms with Crippen LogP contribution in [0.3, 0.4) is 0 Å². The van der Waals surface area contributed by atoms with E-state index in [4.69, 9.17) is 0 Å². The minimum absolute atomic E-state index is 0.620. The van der Waals surface area contributed by atoms with Crippen LogP contribution in [-0.2, 0) is 6.54 Å². The molecule has 3 nitrogen and oxygen atoms in total. The summed E-state index contributed by atoms with van der Waals surface area (Å²) in [4.78, 5) is 7.11. The van der Waals surface area contributed by atoms with Gasteiger partial charge in [-0.2, -0.15) is 0 Å². The van der Waals surface area contributed by atoms with E-state index in [2.05, 4.69) is 41.2 Å². The van der Waals surface area contributed by atoms with Gasteiger partial charge in [0.2, 0.25) is 0 Å². The van der Waals surface area contributed by atoms with Crippen LogP contribution < -0.4 is 10.2 Å². The molecule has 2 aliphatic rings. The number of hydrogen-bond acceptors (Lipinski definition) is 3. The highest BCUT2D eigenvalue weighted by Crippen LogP contribution is 2.30. The summed E-state index contributed by atoms with van der Waals surface area (Å²) in [5.41, 5.74) is 1.35. The first-order valence-corrected chi connectivity index (χ1v) is 7.18. The summed E-state index contributed by atoms with van der Waals surface area (Å²) in [5.74, 6) is 1.98. The first kappa shape index (κ1) is 12.0. The largest absolute Gasteiger partial charge is 0.353 e. The maximum absolute atomic E-state index is 4.63. The Morgan fingerprint density at radius 1 is 1.39 bits per heavy atom. The van der Waals surface area contributed by atoms with E-state index in [1.807, 2.05) is 6.20 Å². The zero-order valence-corrected chi connectivity index (χ0v) is 11.4. The first-order chi connectivity index (χ1) is 8.74. The maximum atomic E-state index is 4.63. The fourth-order valence-electron chi connectivity index (χ4n) is 2.96. The Morgan fingerprint density at radius 2 is 2.22 bits per heavy atom. The molecule has 1 saturated carbocycles. The van der Waals surface area contributed by atoms with Crippen molar-refractivity contribution in [3.05, 3.63) is 23.9 Å². The van der Waals surface area contributed by atoms with Gasteiger partial charge in [0.15, 0.2) is 0 Å². The summed E-state index contributed by atoms with van der Waals surface area (Å²) in [6.45, 7) is 6.76. The molecule has 0 bridgehead atoms. The van der Waals surface area contributed by atoms with Crippen molar-refractivity contribution in [1.29, 1.82) is 0 Å². The van der Waals surface area contributed by atoms with E-state index in [-0.39, 0.29) is 0 Å². The molecular weight excluding hydrogens is 222 g/mol. The Labute approximate surface area is 110 Å². The van der Waals surface area contributed by atoms with Crippen molar-refractivity contribution in [2.45, 2.75) is 51.7 Å². The van der Waals surface area contributed by atoms with E-state index in [1.54, 1.807) is 0 Å². The van der Waals surface area contributed by atoms with Gasteiger partial charge in [0, 0.05) is 36.9 Å². The lowest BCUT2D eigenvalue weighted by molar-refractivity contribution is 0.624. The van der Waals surface area contributed by atoms with Crippen LogP contribution in [0.25, 0.3) is 0 Å².